The van der Waals surface area contributed by atoms with Gasteiger partial charge >= 0.3 is 0 Å². The molecule has 2 aromatic rings. The zero-order valence-electron chi connectivity index (χ0n) is 14.3. The Morgan fingerprint density at radius 1 is 1.08 bits per heavy atom. The fourth-order valence-corrected chi connectivity index (χ4v) is 2.23. The van der Waals surface area contributed by atoms with Gasteiger partial charge in [-0.1, -0.05) is 19.8 Å². The van der Waals surface area contributed by atoms with Crippen LogP contribution in [0.4, 0.5) is 11.5 Å². The SMILES string of the molecule is CCCCCNc1ccc(C(=O)Nc2ccc(OCC)cc2)cn1. The standard InChI is InChI=1S/C19H25N3O2/c1-3-5-6-13-20-18-12-7-15(14-21-18)19(23)22-16-8-10-17(11-9-16)24-4-2/h7-12,14H,3-6,13H2,1-2H3,(H,20,21)(H,22,23). The van der Waals surface area contributed by atoms with Gasteiger partial charge < -0.3 is 15.4 Å². The third kappa shape index (κ3) is 5.57. The van der Waals surface area contributed by atoms with E-state index in [0.717, 1.165) is 30.2 Å². The van der Waals surface area contributed by atoms with E-state index in [-0.39, 0.29) is 5.91 Å². The molecule has 0 unspecified atom stereocenters. The first-order valence-electron chi connectivity index (χ1n) is 8.47. The van der Waals surface area contributed by atoms with Crippen molar-refractivity contribution in [2.24, 2.45) is 0 Å². The summed E-state index contributed by atoms with van der Waals surface area (Å²) in [6, 6.07) is 10.9. The Morgan fingerprint density at radius 3 is 2.50 bits per heavy atom. The van der Waals surface area contributed by atoms with Crippen molar-refractivity contribution in [3.63, 3.8) is 0 Å². The number of aromatic nitrogens is 1. The molecule has 1 amide bonds. The number of carbonyl (C=O) groups excluding carboxylic acids is 1. The number of nitrogens with one attached hydrogen (secondary N) is 2. The predicted octanol–water partition coefficient (Wildman–Crippen LogP) is 4.33. The van der Waals surface area contributed by atoms with Crippen molar-refractivity contribution in [2.45, 2.75) is 33.1 Å². The lowest BCUT2D eigenvalue weighted by Crippen LogP contribution is -2.12. The van der Waals surface area contributed by atoms with Gasteiger partial charge in [0.15, 0.2) is 0 Å². The van der Waals surface area contributed by atoms with E-state index in [1.165, 1.54) is 12.8 Å². The van der Waals surface area contributed by atoms with Crippen LogP contribution >= 0.6 is 0 Å². The van der Waals surface area contributed by atoms with Crippen molar-refractivity contribution in [1.29, 1.82) is 0 Å². The van der Waals surface area contributed by atoms with Crippen LogP contribution in [0.3, 0.4) is 0 Å². The normalized spacial score (nSPS) is 10.2. The van der Waals surface area contributed by atoms with Crippen molar-refractivity contribution < 1.29 is 9.53 Å². The minimum absolute atomic E-state index is 0.177. The molecule has 0 spiro atoms. The van der Waals surface area contributed by atoms with E-state index in [4.69, 9.17) is 4.74 Å². The van der Waals surface area contributed by atoms with Gasteiger partial charge in [-0.05, 0) is 49.7 Å². The maximum Gasteiger partial charge on any atom is 0.257 e. The first kappa shape index (κ1) is 17.8. The third-order valence-electron chi connectivity index (χ3n) is 3.54. The van der Waals surface area contributed by atoms with Gasteiger partial charge in [-0.25, -0.2) is 4.98 Å². The second kappa shape index (κ2) is 9.55. The zero-order valence-corrected chi connectivity index (χ0v) is 14.3. The summed E-state index contributed by atoms with van der Waals surface area (Å²) in [5.41, 5.74) is 1.26. The number of rotatable bonds is 9. The number of nitrogens with zero attached hydrogens (tertiary/aromatic N) is 1. The van der Waals surface area contributed by atoms with Gasteiger partial charge in [0.1, 0.15) is 11.6 Å². The van der Waals surface area contributed by atoms with Crippen LogP contribution < -0.4 is 15.4 Å². The number of amides is 1. The molecule has 0 saturated carbocycles. The average Bonchev–Trinajstić information content (AvgIpc) is 2.61. The highest BCUT2D eigenvalue weighted by Crippen LogP contribution is 2.16. The Balaban J connectivity index is 1.87. The predicted molar refractivity (Wildman–Crippen MR) is 97.8 cm³/mol. The molecule has 5 heteroatoms. The van der Waals surface area contributed by atoms with Crippen LogP contribution in [-0.4, -0.2) is 24.0 Å². The Morgan fingerprint density at radius 2 is 1.88 bits per heavy atom. The van der Waals surface area contributed by atoms with E-state index in [2.05, 4.69) is 22.5 Å². The fourth-order valence-electron chi connectivity index (χ4n) is 2.23. The second-order valence-electron chi connectivity index (χ2n) is 5.48. The van der Waals surface area contributed by atoms with Crippen LogP contribution in [0, 0.1) is 0 Å². The zero-order chi connectivity index (χ0) is 17.2. The van der Waals surface area contributed by atoms with Crippen LogP contribution in [0.1, 0.15) is 43.5 Å². The first-order chi connectivity index (χ1) is 11.7. The molecule has 0 fully saturated rings. The van der Waals surface area contributed by atoms with Gasteiger partial charge in [0.05, 0.1) is 12.2 Å². The highest BCUT2D eigenvalue weighted by Gasteiger charge is 2.07. The Hall–Kier alpha value is -2.56. The highest BCUT2D eigenvalue weighted by molar-refractivity contribution is 6.04. The molecule has 0 aliphatic rings. The summed E-state index contributed by atoms with van der Waals surface area (Å²) < 4.78 is 5.38. The molecule has 1 heterocycles. The summed E-state index contributed by atoms with van der Waals surface area (Å²) in [7, 11) is 0. The molecule has 2 N–H and O–H groups in total. The van der Waals surface area contributed by atoms with E-state index < -0.39 is 0 Å². The van der Waals surface area contributed by atoms with Gasteiger partial charge in [-0.15, -0.1) is 0 Å². The largest absolute Gasteiger partial charge is 0.494 e. The molecule has 0 saturated heterocycles. The molecule has 0 aliphatic heterocycles. The van der Waals surface area contributed by atoms with Gasteiger partial charge in [0, 0.05) is 18.4 Å². The summed E-state index contributed by atoms with van der Waals surface area (Å²) in [6.45, 7) is 5.63. The van der Waals surface area contributed by atoms with Gasteiger partial charge in [0.2, 0.25) is 0 Å². The molecule has 1 aromatic heterocycles. The molecular weight excluding hydrogens is 302 g/mol. The smallest absolute Gasteiger partial charge is 0.257 e. The second-order valence-corrected chi connectivity index (χ2v) is 5.48. The maximum atomic E-state index is 12.2. The maximum absolute atomic E-state index is 12.2. The van der Waals surface area contributed by atoms with Gasteiger partial charge in [0.25, 0.3) is 5.91 Å². The van der Waals surface area contributed by atoms with Crippen molar-refractivity contribution in [3.05, 3.63) is 48.2 Å². The summed E-state index contributed by atoms with van der Waals surface area (Å²) in [5.74, 6) is 1.41. The highest BCUT2D eigenvalue weighted by atomic mass is 16.5. The molecule has 0 bridgehead atoms. The minimum Gasteiger partial charge on any atom is -0.494 e. The summed E-state index contributed by atoms with van der Waals surface area (Å²) >= 11 is 0. The number of benzene rings is 1. The minimum atomic E-state index is -0.177. The van der Waals surface area contributed by atoms with Crippen molar-refractivity contribution in [3.8, 4) is 5.75 Å². The average molecular weight is 327 g/mol. The number of hydrogen-bond acceptors (Lipinski definition) is 4. The van der Waals surface area contributed by atoms with Crippen LogP contribution in [0.2, 0.25) is 0 Å². The summed E-state index contributed by atoms with van der Waals surface area (Å²) in [5, 5.41) is 6.11. The van der Waals surface area contributed by atoms with E-state index in [1.54, 1.807) is 12.3 Å². The first-order valence-corrected chi connectivity index (χ1v) is 8.47. The lowest BCUT2D eigenvalue weighted by molar-refractivity contribution is 0.102. The lowest BCUT2D eigenvalue weighted by atomic mass is 10.2. The molecule has 0 radical (unpaired) electrons. The van der Waals surface area contributed by atoms with E-state index in [9.17, 15) is 4.79 Å². The monoisotopic (exact) mass is 327 g/mol. The van der Waals surface area contributed by atoms with E-state index in [0.29, 0.717) is 12.2 Å². The number of anilines is 2. The summed E-state index contributed by atoms with van der Waals surface area (Å²) in [6.07, 6.45) is 5.11. The molecule has 24 heavy (non-hydrogen) atoms. The Kier molecular flexibility index (Phi) is 7.08. The Bertz CT molecular complexity index is 624. The molecular formula is C19H25N3O2. The molecule has 128 valence electrons. The number of unbranched alkanes of at least 4 members (excludes halogenated alkanes) is 2. The molecule has 5 nitrogen and oxygen atoms in total. The lowest BCUT2D eigenvalue weighted by Gasteiger charge is -2.08. The molecule has 0 atom stereocenters. The van der Waals surface area contributed by atoms with Crippen LogP contribution in [0.5, 0.6) is 5.75 Å². The van der Waals surface area contributed by atoms with Gasteiger partial charge in [-0.3, -0.25) is 4.79 Å². The topological polar surface area (TPSA) is 63.2 Å². The Labute approximate surface area is 143 Å². The molecule has 0 aliphatic carbocycles. The van der Waals surface area contributed by atoms with Crippen molar-refractivity contribution in [1.82, 2.24) is 4.98 Å². The van der Waals surface area contributed by atoms with Gasteiger partial charge in [-0.2, -0.15) is 0 Å². The third-order valence-corrected chi connectivity index (χ3v) is 3.54. The van der Waals surface area contributed by atoms with E-state index >= 15 is 0 Å². The number of pyridine rings is 1. The number of hydrogen-bond donors (Lipinski definition) is 2. The molecule has 1 aromatic carbocycles. The van der Waals surface area contributed by atoms with Crippen LogP contribution in [0.15, 0.2) is 42.6 Å². The number of carbonyl (C=O) groups is 1. The van der Waals surface area contributed by atoms with Crippen LogP contribution in [-0.2, 0) is 0 Å². The van der Waals surface area contributed by atoms with E-state index in [1.807, 2.05) is 37.3 Å². The number of ether oxygens (including phenoxy) is 1. The van der Waals surface area contributed by atoms with Crippen molar-refractivity contribution in [2.75, 3.05) is 23.8 Å². The van der Waals surface area contributed by atoms with Crippen molar-refractivity contribution >= 4 is 17.4 Å². The van der Waals surface area contributed by atoms with Crippen LogP contribution in [0.25, 0.3) is 0 Å². The fraction of sp³-hybridized carbons (Fsp3) is 0.368. The quantitative estimate of drug-likeness (QED) is 0.673. The summed E-state index contributed by atoms with van der Waals surface area (Å²) in [4.78, 5) is 16.5. The molecule has 2 rings (SSSR count).